The Bertz CT molecular complexity index is 513. The maximum atomic E-state index is 11.8. The lowest BCUT2D eigenvalue weighted by Crippen LogP contribution is -2.28. The van der Waals surface area contributed by atoms with Crippen molar-refractivity contribution in [2.75, 3.05) is 25.0 Å². The zero-order valence-corrected chi connectivity index (χ0v) is 13.6. The summed E-state index contributed by atoms with van der Waals surface area (Å²) in [6.07, 6.45) is 5.83. The lowest BCUT2D eigenvalue weighted by molar-refractivity contribution is -0.159. The van der Waals surface area contributed by atoms with Gasteiger partial charge in [-0.2, -0.15) is 0 Å². The Kier molecular flexibility index (Phi) is 9.14. The highest BCUT2D eigenvalue weighted by Crippen LogP contribution is 2.10. The maximum Gasteiger partial charge on any atom is 0.414 e. The average Bonchev–Trinajstić information content (AvgIpc) is 2.83. The van der Waals surface area contributed by atoms with Crippen molar-refractivity contribution in [1.29, 1.82) is 0 Å². The van der Waals surface area contributed by atoms with Crippen LogP contribution < -0.4 is 5.32 Å². The molecule has 1 fully saturated rings. The molecule has 0 aromatic heterocycles. The number of para-hydroxylation sites is 1. The Morgan fingerprint density at radius 2 is 1.46 bits per heavy atom. The van der Waals surface area contributed by atoms with E-state index in [1.54, 1.807) is 0 Å². The Balaban J connectivity index is 0.000000413. The van der Waals surface area contributed by atoms with Crippen LogP contribution in [0.5, 0.6) is 0 Å². The Hall–Kier alpha value is -2.41. The Morgan fingerprint density at radius 3 is 1.96 bits per heavy atom. The van der Waals surface area contributed by atoms with Crippen molar-refractivity contribution < 1.29 is 24.6 Å². The summed E-state index contributed by atoms with van der Waals surface area (Å²) in [5, 5.41) is 17.7. The van der Waals surface area contributed by atoms with E-state index < -0.39 is 11.9 Å². The molecule has 3 N–H and O–H groups in total. The van der Waals surface area contributed by atoms with E-state index in [4.69, 9.17) is 19.8 Å². The van der Waals surface area contributed by atoms with Crippen molar-refractivity contribution in [3.05, 3.63) is 30.3 Å². The summed E-state index contributed by atoms with van der Waals surface area (Å²) < 4.78 is 0. The summed E-state index contributed by atoms with van der Waals surface area (Å²) in [7, 11) is 0. The van der Waals surface area contributed by atoms with Crippen LogP contribution in [0.25, 0.3) is 0 Å². The summed E-state index contributed by atoms with van der Waals surface area (Å²) in [6, 6.07) is 9.66. The molecule has 1 aliphatic heterocycles. The second kappa shape index (κ2) is 11.2. The number of carbonyl (C=O) groups is 3. The highest BCUT2D eigenvalue weighted by Gasteiger charge is 2.10. The van der Waals surface area contributed by atoms with Gasteiger partial charge in [-0.25, -0.2) is 9.59 Å². The van der Waals surface area contributed by atoms with Gasteiger partial charge in [0, 0.05) is 18.7 Å². The van der Waals surface area contributed by atoms with Crippen molar-refractivity contribution in [3.8, 4) is 0 Å². The molecule has 1 amide bonds. The standard InChI is InChI=1S/C15H22N2O.C2H2O4/c18-15(16-14-8-4-3-5-9-14)10-13-17-11-6-1-2-7-12-17;3-1(4)2(5)6/h3-5,8-9H,1-2,6-7,10-13H2,(H,16,18);(H,3,4)(H,5,6). The quantitative estimate of drug-likeness (QED) is 0.727. The first-order chi connectivity index (χ1) is 11.5. The second-order valence-electron chi connectivity index (χ2n) is 5.53. The number of likely N-dealkylation sites (tertiary alicyclic amines) is 1. The van der Waals surface area contributed by atoms with Gasteiger partial charge >= 0.3 is 11.9 Å². The van der Waals surface area contributed by atoms with E-state index in [-0.39, 0.29) is 5.91 Å². The van der Waals surface area contributed by atoms with Gasteiger partial charge in [-0.15, -0.1) is 0 Å². The van der Waals surface area contributed by atoms with Crippen LogP contribution in [0.15, 0.2) is 30.3 Å². The van der Waals surface area contributed by atoms with Crippen molar-refractivity contribution in [2.45, 2.75) is 32.1 Å². The van der Waals surface area contributed by atoms with Gasteiger partial charge in [-0.05, 0) is 38.1 Å². The van der Waals surface area contributed by atoms with E-state index >= 15 is 0 Å². The average molecular weight is 336 g/mol. The molecule has 0 spiro atoms. The molecule has 0 aliphatic carbocycles. The van der Waals surface area contributed by atoms with Gasteiger partial charge in [0.25, 0.3) is 0 Å². The topological polar surface area (TPSA) is 107 Å². The predicted molar refractivity (Wildman–Crippen MR) is 89.9 cm³/mol. The normalized spacial score (nSPS) is 14.7. The SMILES string of the molecule is O=C(CCN1CCCCCC1)Nc1ccccc1.O=C(O)C(=O)O. The largest absolute Gasteiger partial charge is 0.473 e. The number of nitrogens with one attached hydrogen (secondary N) is 1. The third kappa shape index (κ3) is 8.89. The fraction of sp³-hybridized carbons (Fsp3) is 0.471. The van der Waals surface area contributed by atoms with Gasteiger partial charge in [0.15, 0.2) is 0 Å². The molecule has 1 aliphatic rings. The van der Waals surface area contributed by atoms with Crippen LogP contribution in [0.3, 0.4) is 0 Å². The first-order valence-corrected chi connectivity index (χ1v) is 8.02. The summed E-state index contributed by atoms with van der Waals surface area (Å²) in [5.41, 5.74) is 0.887. The zero-order chi connectivity index (χ0) is 17.8. The minimum Gasteiger partial charge on any atom is -0.473 e. The zero-order valence-electron chi connectivity index (χ0n) is 13.6. The molecule has 1 saturated heterocycles. The Morgan fingerprint density at radius 1 is 0.917 bits per heavy atom. The number of carboxylic acid groups (broad SMARTS) is 2. The fourth-order valence-corrected chi connectivity index (χ4v) is 2.36. The monoisotopic (exact) mass is 336 g/mol. The predicted octanol–water partition coefficient (Wildman–Crippen LogP) is 2.05. The highest BCUT2D eigenvalue weighted by atomic mass is 16.4. The number of benzene rings is 1. The van der Waals surface area contributed by atoms with Crippen LogP contribution in [0.4, 0.5) is 5.69 Å². The number of carboxylic acids is 2. The fourth-order valence-electron chi connectivity index (χ4n) is 2.36. The van der Waals surface area contributed by atoms with E-state index in [1.807, 2.05) is 30.3 Å². The molecule has 7 heteroatoms. The molecule has 24 heavy (non-hydrogen) atoms. The number of aliphatic carboxylic acids is 2. The van der Waals surface area contributed by atoms with Crippen LogP contribution in [0, 0.1) is 0 Å². The number of nitrogens with zero attached hydrogens (tertiary/aromatic N) is 1. The maximum absolute atomic E-state index is 11.8. The number of hydrogen-bond acceptors (Lipinski definition) is 4. The van der Waals surface area contributed by atoms with Crippen molar-refractivity contribution in [2.24, 2.45) is 0 Å². The van der Waals surface area contributed by atoms with E-state index in [1.165, 1.54) is 25.7 Å². The van der Waals surface area contributed by atoms with Crippen LogP contribution in [0.2, 0.25) is 0 Å². The van der Waals surface area contributed by atoms with E-state index in [2.05, 4.69) is 10.2 Å². The van der Waals surface area contributed by atoms with Crippen molar-refractivity contribution in [1.82, 2.24) is 4.90 Å². The molecule has 0 saturated carbocycles. The lowest BCUT2D eigenvalue weighted by Gasteiger charge is -2.19. The molecule has 7 nitrogen and oxygen atoms in total. The van der Waals surface area contributed by atoms with E-state index in [0.717, 1.165) is 25.3 Å². The van der Waals surface area contributed by atoms with Gasteiger partial charge in [-0.1, -0.05) is 31.0 Å². The lowest BCUT2D eigenvalue weighted by atomic mass is 10.2. The molecule has 0 radical (unpaired) electrons. The number of rotatable bonds is 4. The second-order valence-corrected chi connectivity index (χ2v) is 5.53. The number of carbonyl (C=O) groups excluding carboxylic acids is 1. The Labute approximate surface area is 141 Å². The number of anilines is 1. The first-order valence-electron chi connectivity index (χ1n) is 8.02. The summed E-state index contributed by atoms with van der Waals surface area (Å²) in [6.45, 7) is 3.19. The highest BCUT2D eigenvalue weighted by molar-refractivity contribution is 6.27. The van der Waals surface area contributed by atoms with Crippen LogP contribution in [-0.4, -0.2) is 52.6 Å². The molecule has 2 rings (SSSR count). The van der Waals surface area contributed by atoms with Gasteiger partial charge in [0.05, 0.1) is 0 Å². The molecule has 1 heterocycles. The van der Waals surface area contributed by atoms with Gasteiger partial charge in [-0.3, -0.25) is 4.79 Å². The van der Waals surface area contributed by atoms with Crippen LogP contribution >= 0.6 is 0 Å². The third-order valence-electron chi connectivity index (χ3n) is 3.59. The van der Waals surface area contributed by atoms with Crippen LogP contribution in [-0.2, 0) is 14.4 Å². The van der Waals surface area contributed by atoms with E-state index in [9.17, 15) is 4.79 Å². The smallest absolute Gasteiger partial charge is 0.414 e. The van der Waals surface area contributed by atoms with Gasteiger partial charge in [0.1, 0.15) is 0 Å². The molecule has 132 valence electrons. The molecule has 1 aromatic carbocycles. The number of hydrogen-bond donors (Lipinski definition) is 3. The molecule has 0 bridgehead atoms. The molecule has 0 unspecified atom stereocenters. The molecule has 0 atom stereocenters. The minimum absolute atomic E-state index is 0.116. The van der Waals surface area contributed by atoms with E-state index in [0.29, 0.717) is 6.42 Å². The summed E-state index contributed by atoms with van der Waals surface area (Å²) in [4.78, 5) is 32.4. The molecule has 1 aromatic rings. The van der Waals surface area contributed by atoms with Crippen molar-refractivity contribution in [3.63, 3.8) is 0 Å². The first kappa shape index (κ1) is 19.6. The number of amides is 1. The van der Waals surface area contributed by atoms with Gasteiger partial charge < -0.3 is 20.4 Å². The third-order valence-corrected chi connectivity index (χ3v) is 3.59. The summed E-state index contributed by atoms with van der Waals surface area (Å²) >= 11 is 0. The molecular weight excluding hydrogens is 312 g/mol. The molecular formula is C17H24N2O5. The van der Waals surface area contributed by atoms with Crippen molar-refractivity contribution >= 4 is 23.5 Å². The minimum atomic E-state index is -1.82. The van der Waals surface area contributed by atoms with Gasteiger partial charge in [0.2, 0.25) is 5.91 Å². The summed E-state index contributed by atoms with van der Waals surface area (Å²) in [5.74, 6) is -3.53. The van der Waals surface area contributed by atoms with Crippen LogP contribution in [0.1, 0.15) is 32.1 Å².